The minimum atomic E-state index is -3.83. The van der Waals surface area contributed by atoms with E-state index in [0.29, 0.717) is 0 Å². The summed E-state index contributed by atoms with van der Waals surface area (Å²) in [6.07, 6.45) is 1.33. The standard InChI is InChI=1S/C14H17FN2O5S/c15-10-3-5-11(6-4-10)23(21,22)16-8-7-12(18)17-13(14(19)20)9-1-2-9/h3-6,9,13,16H,1-2,7-8H2,(H,17,18)(H,19,20). The summed E-state index contributed by atoms with van der Waals surface area (Å²) in [4.78, 5) is 22.6. The lowest BCUT2D eigenvalue weighted by Gasteiger charge is -2.13. The largest absolute Gasteiger partial charge is 0.480 e. The van der Waals surface area contributed by atoms with Gasteiger partial charge in [-0.25, -0.2) is 22.3 Å². The third kappa shape index (κ3) is 5.00. The zero-order valence-electron chi connectivity index (χ0n) is 12.2. The minimum absolute atomic E-state index is 0.0487. The lowest BCUT2D eigenvalue weighted by Crippen LogP contribution is -2.43. The minimum Gasteiger partial charge on any atom is -0.480 e. The maximum absolute atomic E-state index is 12.8. The number of hydrogen-bond donors (Lipinski definition) is 3. The van der Waals surface area contributed by atoms with E-state index in [2.05, 4.69) is 10.0 Å². The van der Waals surface area contributed by atoms with Gasteiger partial charge in [0, 0.05) is 13.0 Å². The third-order valence-corrected chi connectivity index (χ3v) is 4.92. The molecule has 1 fully saturated rings. The summed E-state index contributed by atoms with van der Waals surface area (Å²) in [6.45, 7) is -0.178. The van der Waals surface area contributed by atoms with E-state index in [1.54, 1.807) is 0 Å². The van der Waals surface area contributed by atoms with Crippen LogP contribution in [0.5, 0.6) is 0 Å². The molecule has 2 rings (SSSR count). The Bertz CT molecular complexity index is 686. The fourth-order valence-electron chi connectivity index (χ4n) is 2.05. The van der Waals surface area contributed by atoms with Crippen molar-refractivity contribution >= 4 is 21.9 Å². The average molecular weight is 344 g/mol. The summed E-state index contributed by atoms with van der Waals surface area (Å²) >= 11 is 0. The van der Waals surface area contributed by atoms with E-state index in [0.717, 1.165) is 37.1 Å². The topological polar surface area (TPSA) is 113 Å². The maximum Gasteiger partial charge on any atom is 0.326 e. The molecule has 1 unspecified atom stereocenters. The van der Waals surface area contributed by atoms with Gasteiger partial charge in [0.2, 0.25) is 15.9 Å². The Hall–Kier alpha value is -2.00. The number of hydrogen-bond acceptors (Lipinski definition) is 4. The lowest BCUT2D eigenvalue weighted by molar-refractivity contribution is -0.142. The molecule has 126 valence electrons. The molecule has 0 aliphatic heterocycles. The van der Waals surface area contributed by atoms with Crippen molar-refractivity contribution in [2.45, 2.75) is 30.2 Å². The van der Waals surface area contributed by atoms with E-state index in [9.17, 15) is 22.4 Å². The Kier molecular flexibility index (Phi) is 5.32. The molecule has 0 spiro atoms. The molecule has 1 aromatic rings. The summed E-state index contributed by atoms with van der Waals surface area (Å²) in [5, 5.41) is 11.4. The molecular weight excluding hydrogens is 327 g/mol. The first-order chi connectivity index (χ1) is 10.8. The smallest absolute Gasteiger partial charge is 0.326 e. The molecule has 1 aromatic carbocycles. The number of halogens is 1. The Morgan fingerprint density at radius 3 is 2.39 bits per heavy atom. The van der Waals surface area contributed by atoms with Gasteiger partial charge in [0.15, 0.2) is 0 Å². The molecule has 0 heterocycles. The molecule has 1 aliphatic rings. The second-order valence-electron chi connectivity index (χ2n) is 5.32. The number of sulfonamides is 1. The van der Waals surface area contributed by atoms with E-state index in [-0.39, 0.29) is 23.8 Å². The van der Waals surface area contributed by atoms with Gasteiger partial charge in [-0.05, 0) is 43.0 Å². The molecule has 1 amide bonds. The summed E-state index contributed by atoms with van der Waals surface area (Å²) in [6, 6.07) is 3.36. The first kappa shape index (κ1) is 17.4. The molecule has 0 saturated heterocycles. The van der Waals surface area contributed by atoms with Crippen LogP contribution in [0.1, 0.15) is 19.3 Å². The third-order valence-electron chi connectivity index (χ3n) is 3.44. The Morgan fingerprint density at radius 2 is 1.87 bits per heavy atom. The van der Waals surface area contributed by atoms with Crippen molar-refractivity contribution in [3.05, 3.63) is 30.1 Å². The summed E-state index contributed by atoms with van der Waals surface area (Å²) in [5.74, 6) is -2.23. The molecule has 0 bridgehead atoms. The Labute approximate surface area is 132 Å². The molecule has 1 aliphatic carbocycles. The second-order valence-corrected chi connectivity index (χ2v) is 7.09. The van der Waals surface area contributed by atoms with Crippen molar-refractivity contribution in [3.8, 4) is 0 Å². The molecule has 1 saturated carbocycles. The fraction of sp³-hybridized carbons (Fsp3) is 0.429. The highest BCUT2D eigenvalue weighted by atomic mass is 32.2. The van der Waals surface area contributed by atoms with Gasteiger partial charge in [-0.2, -0.15) is 0 Å². The highest BCUT2D eigenvalue weighted by Crippen LogP contribution is 2.32. The molecule has 23 heavy (non-hydrogen) atoms. The average Bonchev–Trinajstić information content (AvgIpc) is 3.29. The quantitative estimate of drug-likeness (QED) is 0.635. The van der Waals surface area contributed by atoms with Gasteiger partial charge in [0.05, 0.1) is 4.90 Å². The van der Waals surface area contributed by atoms with Crippen LogP contribution in [-0.4, -0.2) is 38.0 Å². The fourth-order valence-corrected chi connectivity index (χ4v) is 3.08. The number of nitrogens with one attached hydrogen (secondary N) is 2. The molecule has 0 aromatic heterocycles. The van der Waals surface area contributed by atoms with Crippen molar-refractivity contribution < 1.29 is 27.5 Å². The predicted molar refractivity (Wildman–Crippen MR) is 78.5 cm³/mol. The van der Waals surface area contributed by atoms with E-state index in [1.807, 2.05) is 0 Å². The Morgan fingerprint density at radius 1 is 1.26 bits per heavy atom. The first-order valence-corrected chi connectivity index (χ1v) is 8.55. The van der Waals surface area contributed by atoms with Crippen LogP contribution in [0.2, 0.25) is 0 Å². The zero-order valence-corrected chi connectivity index (χ0v) is 13.0. The number of amides is 1. The van der Waals surface area contributed by atoms with Gasteiger partial charge in [-0.15, -0.1) is 0 Å². The predicted octanol–water partition coefficient (Wildman–Crippen LogP) is 0.473. The van der Waals surface area contributed by atoms with E-state index >= 15 is 0 Å². The van der Waals surface area contributed by atoms with Crippen LogP contribution in [0.25, 0.3) is 0 Å². The van der Waals surface area contributed by atoms with Crippen LogP contribution in [0, 0.1) is 11.7 Å². The van der Waals surface area contributed by atoms with Gasteiger partial charge in [-0.1, -0.05) is 0 Å². The summed E-state index contributed by atoms with van der Waals surface area (Å²) in [5.41, 5.74) is 0. The number of carboxylic acids is 1. The van der Waals surface area contributed by atoms with E-state index < -0.39 is 33.8 Å². The van der Waals surface area contributed by atoms with Crippen molar-refractivity contribution in [1.82, 2.24) is 10.0 Å². The second kappa shape index (κ2) is 7.05. The number of aliphatic carboxylic acids is 1. The zero-order chi connectivity index (χ0) is 17.0. The SMILES string of the molecule is O=C(CCNS(=O)(=O)c1ccc(F)cc1)NC(C(=O)O)C1CC1. The van der Waals surface area contributed by atoms with E-state index in [1.165, 1.54) is 0 Å². The highest BCUT2D eigenvalue weighted by Gasteiger charge is 2.37. The van der Waals surface area contributed by atoms with Crippen molar-refractivity contribution in [1.29, 1.82) is 0 Å². The molecular formula is C14H17FN2O5S. The number of benzene rings is 1. The van der Waals surface area contributed by atoms with Gasteiger partial charge < -0.3 is 10.4 Å². The van der Waals surface area contributed by atoms with E-state index in [4.69, 9.17) is 5.11 Å². The Balaban J connectivity index is 1.82. The molecule has 1 atom stereocenters. The maximum atomic E-state index is 12.8. The number of carbonyl (C=O) groups excluding carboxylic acids is 1. The van der Waals surface area contributed by atoms with Gasteiger partial charge in [0.1, 0.15) is 11.9 Å². The monoisotopic (exact) mass is 344 g/mol. The normalized spacial score (nSPS) is 15.9. The van der Waals surface area contributed by atoms with Gasteiger partial charge in [-0.3, -0.25) is 4.79 Å². The molecule has 3 N–H and O–H groups in total. The van der Waals surface area contributed by atoms with Crippen LogP contribution >= 0.6 is 0 Å². The van der Waals surface area contributed by atoms with Gasteiger partial charge in [0.25, 0.3) is 0 Å². The van der Waals surface area contributed by atoms with Crippen LogP contribution in [0.15, 0.2) is 29.2 Å². The van der Waals surface area contributed by atoms with Crippen molar-refractivity contribution in [2.75, 3.05) is 6.54 Å². The van der Waals surface area contributed by atoms with Crippen molar-refractivity contribution in [2.24, 2.45) is 5.92 Å². The number of carbonyl (C=O) groups is 2. The number of rotatable bonds is 8. The summed E-state index contributed by atoms with van der Waals surface area (Å²) in [7, 11) is -3.83. The van der Waals surface area contributed by atoms with Gasteiger partial charge >= 0.3 is 5.97 Å². The van der Waals surface area contributed by atoms with Crippen LogP contribution in [0.3, 0.4) is 0 Å². The van der Waals surface area contributed by atoms with Crippen LogP contribution in [0.4, 0.5) is 4.39 Å². The lowest BCUT2D eigenvalue weighted by atomic mass is 10.2. The molecule has 0 radical (unpaired) electrons. The van der Waals surface area contributed by atoms with Crippen molar-refractivity contribution in [3.63, 3.8) is 0 Å². The first-order valence-electron chi connectivity index (χ1n) is 7.07. The number of carboxylic acid groups (broad SMARTS) is 1. The summed E-state index contributed by atoms with van der Waals surface area (Å²) < 4.78 is 38.8. The molecule has 9 heteroatoms. The molecule has 7 nitrogen and oxygen atoms in total. The van der Waals surface area contributed by atoms with Crippen LogP contribution in [-0.2, 0) is 19.6 Å². The highest BCUT2D eigenvalue weighted by molar-refractivity contribution is 7.89. The van der Waals surface area contributed by atoms with Crippen LogP contribution < -0.4 is 10.0 Å².